The van der Waals surface area contributed by atoms with Crippen LogP contribution in [0.1, 0.15) is 13.3 Å². The molecule has 2 atom stereocenters. The molecule has 0 saturated carbocycles. The molecule has 1 amide bonds. The smallest absolute Gasteiger partial charge is 0.223 e. The van der Waals surface area contributed by atoms with Gasteiger partial charge in [-0.2, -0.15) is 0 Å². The van der Waals surface area contributed by atoms with Crippen LogP contribution in [0.2, 0.25) is 0 Å². The summed E-state index contributed by atoms with van der Waals surface area (Å²) in [7, 11) is 2.07. The molecule has 1 aliphatic rings. The van der Waals surface area contributed by atoms with Gasteiger partial charge in [0.05, 0.1) is 0 Å². The lowest BCUT2D eigenvalue weighted by atomic mass is 10.1. The molecule has 4 heteroatoms. The van der Waals surface area contributed by atoms with Gasteiger partial charge in [-0.25, -0.2) is 0 Å². The monoisotopic (exact) mass is 280 g/mol. The summed E-state index contributed by atoms with van der Waals surface area (Å²) in [6.45, 7) is 3.71. The lowest BCUT2D eigenvalue weighted by Crippen LogP contribution is -2.41. The molecule has 1 aliphatic heterocycles. The van der Waals surface area contributed by atoms with E-state index in [1.54, 1.807) is 0 Å². The molecule has 1 aromatic carbocycles. The largest absolute Gasteiger partial charge is 0.370 e. The molecule has 104 valence electrons. The maximum atomic E-state index is 11.9. The molecule has 1 aromatic rings. The molecule has 19 heavy (non-hydrogen) atoms. The lowest BCUT2D eigenvalue weighted by Gasteiger charge is -2.30. The van der Waals surface area contributed by atoms with Crippen molar-refractivity contribution in [3.63, 3.8) is 0 Å². The highest BCUT2D eigenvalue weighted by Crippen LogP contribution is 2.21. The number of hydrogen-bond donors (Lipinski definition) is 0. The molecule has 1 fully saturated rings. The van der Waals surface area contributed by atoms with E-state index in [1.807, 2.05) is 23.1 Å². The number of alkyl halides is 1. The lowest BCUT2D eigenvalue weighted by molar-refractivity contribution is -0.127. The fraction of sp³-hybridized carbons (Fsp3) is 0.533. The first-order valence-corrected chi connectivity index (χ1v) is 7.27. The van der Waals surface area contributed by atoms with Gasteiger partial charge in [0.15, 0.2) is 0 Å². The van der Waals surface area contributed by atoms with E-state index < -0.39 is 0 Å². The number of carbonyl (C=O) groups excluding carboxylic acids is 1. The zero-order valence-electron chi connectivity index (χ0n) is 11.6. The fourth-order valence-corrected chi connectivity index (χ4v) is 2.70. The van der Waals surface area contributed by atoms with Gasteiger partial charge >= 0.3 is 0 Å². The first-order chi connectivity index (χ1) is 9.11. The first-order valence-electron chi connectivity index (χ1n) is 6.73. The van der Waals surface area contributed by atoms with Crippen LogP contribution in [0.25, 0.3) is 0 Å². The predicted octanol–water partition coefficient (Wildman–Crippen LogP) is 2.60. The number of amides is 1. The second-order valence-electron chi connectivity index (χ2n) is 5.32. The van der Waals surface area contributed by atoms with Crippen LogP contribution in [0.5, 0.6) is 0 Å². The molecule has 2 rings (SSSR count). The van der Waals surface area contributed by atoms with E-state index in [0.29, 0.717) is 24.3 Å². The molecule has 0 N–H and O–H groups in total. The predicted molar refractivity (Wildman–Crippen MR) is 79.7 cm³/mol. The number of rotatable bonds is 5. The fourth-order valence-electron chi connectivity index (χ4n) is 2.49. The maximum Gasteiger partial charge on any atom is 0.223 e. The Bertz CT molecular complexity index is 423. The summed E-state index contributed by atoms with van der Waals surface area (Å²) in [5.74, 6) is 1.13. The number of nitrogens with zero attached hydrogens (tertiary/aromatic N) is 2. The molecule has 0 aliphatic carbocycles. The number of anilines is 1. The zero-order chi connectivity index (χ0) is 13.8. The molecule has 0 bridgehead atoms. The van der Waals surface area contributed by atoms with E-state index in [0.717, 1.165) is 13.1 Å². The number of benzene rings is 1. The highest BCUT2D eigenvalue weighted by molar-refractivity contribution is 6.18. The van der Waals surface area contributed by atoms with Crippen molar-refractivity contribution in [1.29, 1.82) is 0 Å². The Morgan fingerprint density at radius 1 is 1.42 bits per heavy atom. The third-order valence-electron chi connectivity index (χ3n) is 3.82. The molecule has 0 aromatic heterocycles. The minimum absolute atomic E-state index is 0.235. The Morgan fingerprint density at radius 3 is 2.68 bits per heavy atom. The van der Waals surface area contributed by atoms with Crippen LogP contribution in [0, 0.1) is 5.92 Å². The standard InChI is InChI=1S/C15H21ClN2O/c1-12(17(2)14-6-4-3-5-7-14)10-18-11-13(9-16)8-15(18)19/h3-7,12-13H,8-11H2,1-2H3. The van der Waals surface area contributed by atoms with Crippen molar-refractivity contribution < 1.29 is 4.79 Å². The van der Waals surface area contributed by atoms with E-state index in [-0.39, 0.29) is 5.91 Å². The summed E-state index contributed by atoms with van der Waals surface area (Å²) in [6, 6.07) is 10.5. The van der Waals surface area contributed by atoms with Crippen molar-refractivity contribution in [2.75, 3.05) is 30.9 Å². The van der Waals surface area contributed by atoms with E-state index in [1.165, 1.54) is 5.69 Å². The Balaban J connectivity index is 1.94. The minimum atomic E-state index is 0.235. The van der Waals surface area contributed by atoms with Crippen molar-refractivity contribution in [1.82, 2.24) is 4.90 Å². The topological polar surface area (TPSA) is 23.6 Å². The molecule has 0 spiro atoms. The van der Waals surface area contributed by atoms with E-state index in [2.05, 4.69) is 31.0 Å². The molecular formula is C15H21ClN2O. The van der Waals surface area contributed by atoms with Gasteiger partial charge in [0, 0.05) is 44.2 Å². The number of likely N-dealkylation sites (N-methyl/N-ethyl adjacent to an activating group) is 1. The summed E-state index contributed by atoms with van der Waals surface area (Å²) in [6.07, 6.45) is 0.602. The average molecular weight is 281 g/mol. The van der Waals surface area contributed by atoms with Gasteiger partial charge in [0.25, 0.3) is 0 Å². The van der Waals surface area contributed by atoms with Gasteiger partial charge in [-0.1, -0.05) is 18.2 Å². The number of carbonyl (C=O) groups is 1. The Labute approximate surface area is 120 Å². The molecule has 3 nitrogen and oxygen atoms in total. The van der Waals surface area contributed by atoms with Crippen molar-refractivity contribution in [2.24, 2.45) is 5.92 Å². The van der Waals surface area contributed by atoms with Crippen molar-refractivity contribution in [3.8, 4) is 0 Å². The second-order valence-corrected chi connectivity index (χ2v) is 5.63. The third-order valence-corrected chi connectivity index (χ3v) is 4.26. The van der Waals surface area contributed by atoms with Crippen LogP contribution in [0.15, 0.2) is 30.3 Å². The highest BCUT2D eigenvalue weighted by atomic mass is 35.5. The van der Waals surface area contributed by atoms with Gasteiger partial charge in [-0.3, -0.25) is 4.79 Å². The third kappa shape index (κ3) is 3.41. The summed E-state index contributed by atoms with van der Waals surface area (Å²) in [5.41, 5.74) is 1.18. The van der Waals surface area contributed by atoms with Crippen molar-refractivity contribution in [3.05, 3.63) is 30.3 Å². The maximum absolute atomic E-state index is 11.9. The summed E-state index contributed by atoms with van der Waals surface area (Å²) < 4.78 is 0. The quantitative estimate of drug-likeness (QED) is 0.774. The van der Waals surface area contributed by atoms with E-state index >= 15 is 0 Å². The normalized spacial score (nSPS) is 20.7. The molecular weight excluding hydrogens is 260 g/mol. The van der Waals surface area contributed by atoms with E-state index in [4.69, 9.17) is 11.6 Å². The molecule has 1 saturated heterocycles. The van der Waals surface area contributed by atoms with E-state index in [9.17, 15) is 4.79 Å². The molecule has 1 heterocycles. The van der Waals surface area contributed by atoms with Crippen LogP contribution in [0.4, 0.5) is 5.69 Å². The van der Waals surface area contributed by atoms with Gasteiger partial charge in [0.2, 0.25) is 5.91 Å². The van der Waals surface area contributed by atoms with Crippen LogP contribution >= 0.6 is 11.6 Å². The Hall–Kier alpha value is -1.22. The van der Waals surface area contributed by atoms with Crippen LogP contribution in [-0.2, 0) is 4.79 Å². The summed E-state index contributed by atoms with van der Waals surface area (Å²) in [4.78, 5) is 16.0. The zero-order valence-corrected chi connectivity index (χ0v) is 12.3. The second kappa shape index (κ2) is 6.29. The van der Waals surface area contributed by atoms with Crippen LogP contribution in [0.3, 0.4) is 0 Å². The number of halogens is 1. The summed E-state index contributed by atoms with van der Waals surface area (Å²) in [5, 5.41) is 0. The Morgan fingerprint density at radius 2 is 2.11 bits per heavy atom. The van der Waals surface area contributed by atoms with Gasteiger partial charge < -0.3 is 9.80 Å². The molecule has 2 unspecified atom stereocenters. The van der Waals surface area contributed by atoms with Gasteiger partial charge in [-0.15, -0.1) is 11.6 Å². The van der Waals surface area contributed by atoms with Crippen LogP contribution < -0.4 is 4.90 Å². The summed E-state index contributed by atoms with van der Waals surface area (Å²) >= 11 is 5.84. The SMILES string of the molecule is CC(CN1CC(CCl)CC1=O)N(C)c1ccccc1. The van der Waals surface area contributed by atoms with Gasteiger partial charge in [0.1, 0.15) is 0 Å². The number of likely N-dealkylation sites (tertiary alicyclic amines) is 1. The minimum Gasteiger partial charge on any atom is -0.370 e. The number of para-hydroxylation sites is 1. The first kappa shape index (κ1) is 14.2. The average Bonchev–Trinajstić information content (AvgIpc) is 2.79. The molecule has 0 radical (unpaired) electrons. The van der Waals surface area contributed by atoms with Crippen LogP contribution in [-0.4, -0.2) is 42.9 Å². The highest BCUT2D eigenvalue weighted by Gasteiger charge is 2.30. The number of hydrogen-bond acceptors (Lipinski definition) is 2. The Kier molecular flexibility index (Phi) is 4.70. The van der Waals surface area contributed by atoms with Crippen molar-refractivity contribution in [2.45, 2.75) is 19.4 Å². The van der Waals surface area contributed by atoms with Crippen molar-refractivity contribution >= 4 is 23.2 Å². The van der Waals surface area contributed by atoms with Gasteiger partial charge in [-0.05, 0) is 25.0 Å².